The Morgan fingerprint density at radius 3 is 2.70 bits per heavy atom. The molecule has 0 bridgehead atoms. The molecule has 6 nitrogen and oxygen atoms in total. The summed E-state index contributed by atoms with van der Waals surface area (Å²) in [5.74, 6) is 0.109. The summed E-state index contributed by atoms with van der Waals surface area (Å²) in [5.41, 5.74) is 2.85. The standard InChI is InChI=1S/C20H22N2O4S/c1-27(24,25)22-13-19(26-18-12-5-4-11-17(18)22)20(23)21-16-10-6-8-14-7-2-3-9-15(14)16/h2-5,7,9,11-12,16,19H,6,8,10,13H2,1H3,(H,21,23). The van der Waals surface area contributed by atoms with Crippen LogP contribution in [0, 0.1) is 0 Å². The molecule has 2 atom stereocenters. The second-order valence-electron chi connectivity index (χ2n) is 7.02. The fourth-order valence-corrected chi connectivity index (χ4v) is 4.74. The summed E-state index contributed by atoms with van der Waals surface area (Å²) in [4.78, 5) is 12.9. The number of hydrogen-bond donors (Lipinski definition) is 1. The van der Waals surface area contributed by atoms with Gasteiger partial charge in [0.2, 0.25) is 10.0 Å². The SMILES string of the molecule is CS(=O)(=O)N1CC(C(=O)NC2CCCc3ccccc32)Oc2ccccc21. The van der Waals surface area contributed by atoms with Crippen LogP contribution < -0.4 is 14.4 Å². The van der Waals surface area contributed by atoms with Crippen molar-refractivity contribution in [3.8, 4) is 5.75 Å². The van der Waals surface area contributed by atoms with Gasteiger partial charge in [0.05, 0.1) is 24.5 Å². The van der Waals surface area contributed by atoms with Crippen LogP contribution in [0.4, 0.5) is 5.69 Å². The van der Waals surface area contributed by atoms with Crippen LogP contribution in [0.5, 0.6) is 5.75 Å². The van der Waals surface area contributed by atoms with Gasteiger partial charge in [-0.25, -0.2) is 8.42 Å². The van der Waals surface area contributed by atoms with E-state index in [0.29, 0.717) is 11.4 Å². The normalized spacial score (nSPS) is 21.6. The van der Waals surface area contributed by atoms with Gasteiger partial charge >= 0.3 is 0 Å². The van der Waals surface area contributed by atoms with E-state index in [0.717, 1.165) is 31.1 Å². The third kappa shape index (κ3) is 3.51. The molecule has 0 radical (unpaired) electrons. The molecule has 0 saturated heterocycles. The Kier molecular flexibility index (Phi) is 4.55. The number of fused-ring (bicyclic) bond motifs is 2. The number of amides is 1. The predicted molar refractivity (Wildman–Crippen MR) is 103 cm³/mol. The zero-order chi connectivity index (χ0) is 19.0. The Hall–Kier alpha value is -2.54. The molecule has 1 amide bonds. The second-order valence-corrected chi connectivity index (χ2v) is 8.93. The van der Waals surface area contributed by atoms with Crippen LogP contribution in [0.1, 0.15) is 30.0 Å². The summed E-state index contributed by atoms with van der Waals surface area (Å²) in [5, 5.41) is 3.06. The molecule has 2 aliphatic rings. The highest BCUT2D eigenvalue weighted by Crippen LogP contribution is 2.35. The molecular formula is C20H22N2O4S. The maximum absolute atomic E-state index is 12.9. The minimum atomic E-state index is -3.51. The van der Waals surface area contributed by atoms with Crippen molar-refractivity contribution in [3.05, 3.63) is 59.7 Å². The van der Waals surface area contributed by atoms with E-state index in [1.165, 1.54) is 9.87 Å². The van der Waals surface area contributed by atoms with Crippen molar-refractivity contribution in [2.75, 3.05) is 17.1 Å². The third-order valence-corrected chi connectivity index (χ3v) is 6.26. The number of carbonyl (C=O) groups is 1. The first kappa shape index (κ1) is 17.9. The highest BCUT2D eigenvalue weighted by molar-refractivity contribution is 7.92. The van der Waals surface area contributed by atoms with Gasteiger partial charge in [-0.3, -0.25) is 9.10 Å². The first-order chi connectivity index (χ1) is 12.9. The predicted octanol–water partition coefficient (Wildman–Crippen LogP) is 2.41. The molecule has 2 aromatic carbocycles. The number of para-hydroxylation sites is 2. The quantitative estimate of drug-likeness (QED) is 0.879. The van der Waals surface area contributed by atoms with Crippen molar-refractivity contribution in [2.24, 2.45) is 0 Å². The van der Waals surface area contributed by atoms with Crippen LogP contribution in [0.15, 0.2) is 48.5 Å². The lowest BCUT2D eigenvalue weighted by Gasteiger charge is -2.35. The summed E-state index contributed by atoms with van der Waals surface area (Å²) in [6.07, 6.45) is 3.14. The number of anilines is 1. The largest absolute Gasteiger partial charge is 0.476 e. The van der Waals surface area contributed by atoms with Crippen LogP contribution in [-0.4, -0.2) is 33.2 Å². The van der Waals surface area contributed by atoms with Crippen molar-refractivity contribution in [3.63, 3.8) is 0 Å². The van der Waals surface area contributed by atoms with E-state index in [2.05, 4.69) is 11.4 Å². The number of ether oxygens (including phenoxy) is 1. The summed E-state index contributed by atoms with van der Waals surface area (Å²) in [7, 11) is -3.51. The van der Waals surface area contributed by atoms with Crippen LogP contribution in [0.2, 0.25) is 0 Å². The minimum absolute atomic E-state index is 0.0317. The van der Waals surface area contributed by atoms with Gasteiger partial charge in [0, 0.05) is 0 Å². The molecule has 4 rings (SSSR count). The molecule has 2 unspecified atom stereocenters. The summed E-state index contributed by atoms with van der Waals surface area (Å²) in [6.45, 7) is -0.0317. The second kappa shape index (κ2) is 6.88. The van der Waals surface area contributed by atoms with E-state index >= 15 is 0 Å². The molecule has 1 aliphatic heterocycles. The first-order valence-corrected chi connectivity index (χ1v) is 10.9. The van der Waals surface area contributed by atoms with Gasteiger partial charge in [-0.1, -0.05) is 36.4 Å². The molecule has 142 valence electrons. The first-order valence-electron chi connectivity index (χ1n) is 9.05. The average molecular weight is 386 g/mol. The van der Waals surface area contributed by atoms with Crippen LogP contribution in [0.3, 0.4) is 0 Å². The van der Waals surface area contributed by atoms with E-state index in [1.807, 2.05) is 18.2 Å². The van der Waals surface area contributed by atoms with Crippen LogP contribution in [0.25, 0.3) is 0 Å². The maximum Gasteiger partial charge on any atom is 0.263 e. The topological polar surface area (TPSA) is 75.7 Å². The lowest BCUT2D eigenvalue weighted by Crippen LogP contribution is -2.51. The van der Waals surface area contributed by atoms with E-state index in [1.54, 1.807) is 24.3 Å². The van der Waals surface area contributed by atoms with E-state index in [9.17, 15) is 13.2 Å². The van der Waals surface area contributed by atoms with Gasteiger partial charge in [-0.15, -0.1) is 0 Å². The highest BCUT2D eigenvalue weighted by atomic mass is 32.2. The molecule has 0 fully saturated rings. The maximum atomic E-state index is 12.9. The molecule has 7 heteroatoms. The molecule has 27 heavy (non-hydrogen) atoms. The Labute approximate surface area is 159 Å². The Morgan fingerprint density at radius 1 is 1.15 bits per heavy atom. The van der Waals surface area contributed by atoms with E-state index < -0.39 is 16.1 Å². The third-order valence-electron chi connectivity index (χ3n) is 5.11. The van der Waals surface area contributed by atoms with Gasteiger partial charge in [0.1, 0.15) is 5.75 Å². The zero-order valence-electron chi connectivity index (χ0n) is 15.1. The van der Waals surface area contributed by atoms with Gasteiger partial charge in [-0.2, -0.15) is 0 Å². The number of hydrogen-bond acceptors (Lipinski definition) is 4. The van der Waals surface area contributed by atoms with Crippen molar-refractivity contribution in [1.29, 1.82) is 0 Å². The molecule has 0 saturated carbocycles. The number of sulfonamides is 1. The lowest BCUT2D eigenvalue weighted by molar-refractivity contribution is -0.128. The lowest BCUT2D eigenvalue weighted by atomic mass is 9.87. The Morgan fingerprint density at radius 2 is 1.89 bits per heavy atom. The Bertz CT molecular complexity index is 973. The van der Waals surface area contributed by atoms with Gasteiger partial charge in [0.15, 0.2) is 6.10 Å². The number of rotatable bonds is 3. The number of carbonyl (C=O) groups excluding carboxylic acids is 1. The summed E-state index contributed by atoms with van der Waals surface area (Å²) >= 11 is 0. The molecule has 2 aromatic rings. The number of benzene rings is 2. The molecule has 1 heterocycles. The van der Waals surface area contributed by atoms with Gasteiger partial charge < -0.3 is 10.1 Å². The molecule has 0 aromatic heterocycles. The molecule has 1 aliphatic carbocycles. The smallest absolute Gasteiger partial charge is 0.263 e. The summed E-state index contributed by atoms with van der Waals surface area (Å²) < 4.78 is 31.5. The number of nitrogens with zero attached hydrogens (tertiary/aromatic N) is 1. The average Bonchev–Trinajstić information content (AvgIpc) is 2.66. The van der Waals surface area contributed by atoms with Gasteiger partial charge in [0.25, 0.3) is 5.91 Å². The van der Waals surface area contributed by atoms with Crippen LogP contribution >= 0.6 is 0 Å². The minimum Gasteiger partial charge on any atom is -0.476 e. The molecular weight excluding hydrogens is 364 g/mol. The van der Waals surface area contributed by atoms with Crippen molar-refractivity contribution in [2.45, 2.75) is 31.4 Å². The van der Waals surface area contributed by atoms with E-state index in [4.69, 9.17) is 4.74 Å². The number of nitrogens with one attached hydrogen (secondary N) is 1. The van der Waals surface area contributed by atoms with Crippen molar-refractivity contribution >= 4 is 21.6 Å². The van der Waals surface area contributed by atoms with E-state index in [-0.39, 0.29) is 18.5 Å². The Balaban J connectivity index is 1.57. The zero-order valence-corrected chi connectivity index (χ0v) is 15.9. The fraction of sp³-hybridized carbons (Fsp3) is 0.350. The van der Waals surface area contributed by atoms with Crippen LogP contribution in [-0.2, 0) is 21.2 Å². The summed E-state index contributed by atoms with van der Waals surface area (Å²) in [6, 6.07) is 14.9. The highest BCUT2D eigenvalue weighted by Gasteiger charge is 2.36. The monoisotopic (exact) mass is 386 g/mol. The van der Waals surface area contributed by atoms with Crippen molar-refractivity contribution in [1.82, 2.24) is 5.32 Å². The molecule has 0 spiro atoms. The molecule has 1 N–H and O–H groups in total. The number of aryl methyl sites for hydroxylation is 1. The van der Waals surface area contributed by atoms with Gasteiger partial charge in [-0.05, 0) is 42.5 Å². The van der Waals surface area contributed by atoms with Crippen molar-refractivity contribution < 1.29 is 17.9 Å². The fourth-order valence-electron chi connectivity index (χ4n) is 3.82.